The minimum atomic E-state index is -4.44. The number of hydrogen-bond donors (Lipinski definition) is 2. The van der Waals surface area contributed by atoms with E-state index in [2.05, 4.69) is 5.32 Å². The Morgan fingerprint density at radius 3 is 2.50 bits per heavy atom. The van der Waals surface area contributed by atoms with Crippen LogP contribution in [0.1, 0.15) is 25.5 Å². The lowest BCUT2D eigenvalue weighted by molar-refractivity contribution is -0.139. The van der Waals surface area contributed by atoms with Gasteiger partial charge in [-0.15, -0.1) is 0 Å². The molecule has 0 radical (unpaired) electrons. The third kappa shape index (κ3) is 5.56. The number of carbonyl (C=O) groups is 1. The number of amides is 1. The smallest absolute Gasteiger partial charge is 0.346 e. The molecule has 0 aromatic heterocycles. The molecule has 0 heterocycles. The molecule has 0 bridgehead atoms. The molecule has 0 aliphatic carbocycles. The van der Waals surface area contributed by atoms with Crippen molar-refractivity contribution in [3.63, 3.8) is 0 Å². The molecule has 1 amide bonds. The van der Waals surface area contributed by atoms with Crippen molar-refractivity contribution < 1.29 is 22.4 Å². The summed E-state index contributed by atoms with van der Waals surface area (Å²) < 4.78 is 49.0. The van der Waals surface area contributed by atoms with Crippen LogP contribution in [-0.2, 0) is 4.79 Å². The minimum absolute atomic E-state index is 0.364. The molecule has 2 N–H and O–H groups in total. The van der Waals surface area contributed by atoms with Crippen LogP contribution < -0.4 is 10.6 Å². The summed E-state index contributed by atoms with van der Waals surface area (Å²) in [4.78, 5) is 11.5. The molecule has 0 fully saturated rings. The van der Waals surface area contributed by atoms with E-state index in [1.54, 1.807) is 18.3 Å². The second-order valence-electron chi connectivity index (χ2n) is 4.50. The van der Waals surface area contributed by atoms with Crippen LogP contribution in [0.4, 0.5) is 17.6 Å². The molecule has 7 heteroatoms. The van der Waals surface area contributed by atoms with Gasteiger partial charge in [-0.1, -0.05) is 12.1 Å². The van der Waals surface area contributed by atoms with Crippen molar-refractivity contribution in [1.29, 1.82) is 0 Å². The molecule has 1 aromatic carbocycles. The first-order valence-corrected chi connectivity index (χ1v) is 6.05. The molecule has 0 spiro atoms. The van der Waals surface area contributed by atoms with Crippen LogP contribution in [0.2, 0.25) is 0 Å². The van der Waals surface area contributed by atoms with Gasteiger partial charge in [-0.2, -0.15) is 13.2 Å². The fraction of sp³-hybridized carbons (Fsp3) is 0.462. The topological polar surface area (TPSA) is 41.1 Å². The molecule has 112 valence electrons. The normalized spacial score (nSPS) is 14.7. The number of alkyl halides is 3. The van der Waals surface area contributed by atoms with Gasteiger partial charge in [-0.05, 0) is 31.5 Å². The molecular formula is C13H16F4N2O. The highest BCUT2D eigenvalue weighted by molar-refractivity contribution is 5.81. The highest BCUT2D eigenvalue weighted by Gasteiger charge is 2.28. The molecule has 3 nitrogen and oxygen atoms in total. The number of rotatable bonds is 5. The van der Waals surface area contributed by atoms with Crippen LogP contribution in [0.3, 0.4) is 0 Å². The molecular weight excluding hydrogens is 276 g/mol. The first kappa shape index (κ1) is 16.4. The van der Waals surface area contributed by atoms with Crippen molar-refractivity contribution in [2.75, 3.05) is 6.54 Å². The largest absolute Gasteiger partial charge is 0.405 e. The van der Waals surface area contributed by atoms with Gasteiger partial charge in [-0.3, -0.25) is 10.1 Å². The number of carbonyl (C=O) groups excluding carboxylic acids is 1. The average molecular weight is 292 g/mol. The number of hydrogen-bond acceptors (Lipinski definition) is 2. The Hall–Kier alpha value is -1.63. The maximum absolute atomic E-state index is 13.0. The van der Waals surface area contributed by atoms with Gasteiger partial charge in [0, 0.05) is 6.04 Å². The van der Waals surface area contributed by atoms with Crippen LogP contribution in [0.25, 0.3) is 0 Å². The van der Waals surface area contributed by atoms with Crippen LogP contribution in [0.5, 0.6) is 0 Å². The van der Waals surface area contributed by atoms with Gasteiger partial charge in [0.25, 0.3) is 0 Å². The fourth-order valence-electron chi connectivity index (χ4n) is 1.66. The predicted molar refractivity (Wildman–Crippen MR) is 66.5 cm³/mol. The van der Waals surface area contributed by atoms with E-state index in [0.717, 1.165) is 0 Å². The molecule has 0 saturated carbocycles. The van der Waals surface area contributed by atoms with Crippen molar-refractivity contribution in [2.24, 2.45) is 0 Å². The molecule has 2 atom stereocenters. The minimum Gasteiger partial charge on any atom is -0.346 e. The van der Waals surface area contributed by atoms with Crippen molar-refractivity contribution in [3.8, 4) is 0 Å². The van der Waals surface area contributed by atoms with Gasteiger partial charge in [0.15, 0.2) is 0 Å². The van der Waals surface area contributed by atoms with E-state index in [9.17, 15) is 22.4 Å². The van der Waals surface area contributed by atoms with E-state index >= 15 is 0 Å². The molecule has 1 aromatic rings. The zero-order valence-corrected chi connectivity index (χ0v) is 11.1. The monoisotopic (exact) mass is 292 g/mol. The molecule has 0 aliphatic heterocycles. The average Bonchev–Trinajstić information content (AvgIpc) is 2.34. The van der Waals surface area contributed by atoms with Gasteiger partial charge in [0.1, 0.15) is 12.4 Å². The molecule has 1 unspecified atom stereocenters. The van der Waals surface area contributed by atoms with Gasteiger partial charge < -0.3 is 5.32 Å². The Morgan fingerprint density at radius 2 is 1.95 bits per heavy atom. The molecule has 20 heavy (non-hydrogen) atoms. The molecule has 1 rings (SSSR count). The standard InChI is InChI=1S/C13H16F4N2O/c1-8(10-4-3-5-11(14)6-10)19-9(2)12(20)18-7-13(15,16)17/h3-6,8-9,19H,7H2,1-2H3,(H,18,20)/t8-,9?/m0/s1. The zero-order chi connectivity index (χ0) is 15.3. The highest BCUT2D eigenvalue weighted by Crippen LogP contribution is 2.15. The number of benzene rings is 1. The zero-order valence-electron chi connectivity index (χ0n) is 11.1. The predicted octanol–water partition coefficient (Wildman–Crippen LogP) is 2.54. The maximum Gasteiger partial charge on any atom is 0.405 e. The van der Waals surface area contributed by atoms with E-state index in [1.165, 1.54) is 25.1 Å². The summed E-state index contributed by atoms with van der Waals surface area (Å²) in [5, 5.41) is 4.60. The SMILES string of the molecule is CC(N[C@@H](C)c1cccc(F)c1)C(=O)NCC(F)(F)F. The van der Waals surface area contributed by atoms with Crippen molar-refractivity contribution in [1.82, 2.24) is 10.6 Å². The number of halogens is 4. The summed E-state index contributed by atoms with van der Waals surface area (Å²) >= 11 is 0. The van der Waals surface area contributed by atoms with Gasteiger partial charge >= 0.3 is 6.18 Å². The van der Waals surface area contributed by atoms with Gasteiger partial charge in [-0.25, -0.2) is 4.39 Å². The summed E-state index contributed by atoms with van der Waals surface area (Å²) in [5.41, 5.74) is 0.612. The van der Waals surface area contributed by atoms with Crippen LogP contribution in [0.15, 0.2) is 24.3 Å². The third-order valence-electron chi connectivity index (χ3n) is 2.71. The summed E-state index contributed by atoms with van der Waals surface area (Å²) in [6.45, 7) is 1.77. The van der Waals surface area contributed by atoms with Crippen molar-refractivity contribution >= 4 is 5.91 Å². The van der Waals surface area contributed by atoms with E-state index in [0.29, 0.717) is 5.56 Å². The molecule has 0 saturated heterocycles. The second kappa shape index (κ2) is 6.69. The Morgan fingerprint density at radius 1 is 1.30 bits per heavy atom. The van der Waals surface area contributed by atoms with E-state index in [1.807, 2.05) is 0 Å². The Balaban J connectivity index is 2.53. The molecule has 0 aliphatic rings. The summed E-state index contributed by atoms with van der Waals surface area (Å²) in [6, 6.07) is 4.60. The first-order valence-electron chi connectivity index (χ1n) is 6.05. The summed E-state index contributed by atoms with van der Waals surface area (Å²) in [7, 11) is 0. The lowest BCUT2D eigenvalue weighted by Gasteiger charge is -2.20. The number of nitrogens with one attached hydrogen (secondary N) is 2. The highest BCUT2D eigenvalue weighted by atomic mass is 19.4. The Bertz CT molecular complexity index is 462. The van der Waals surface area contributed by atoms with Gasteiger partial charge in [0.05, 0.1) is 6.04 Å². The van der Waals surface area contributed by atoms with Gasteiger partial charge in [0.2, 0.25) is 5.91 Å². The lowest BCUT2D eigenvalue weighted by atomic mass is 10.1. The lowest BCUT2D eigenvalue weighted by Crippen LogP contribution is -2.45. The van der Waals surface area contributed by atoms with E-state index in [4.69, 9.17) is 0 Å². The van der Waals surface area contributed by atoms with Crippen molar-refractivity contribution in [2.45, 2.75) is 32.1 Å². The van der Waals surface area contributed by atoms with Crippen LogP contribution in [-0.4, -0.2) is 24.7 Å². The summed E-state index contributed by atoms with van der Waals surface area (Å²) in [6.07, 6.45) is -4.44. The quantitative estimate of drug-likeness (QED) is 0.819. The van der Waals surface area contributed by atoms with Crippen LogP contribution in [0, 0.1) is 5.82 Å². The summed E-state index contributed by atoms with van der Waals surface area (Å²) in [5.74, 6) is -1.17. The van der Waals surface area contributed by atoms with Crippen LogP contribution >= 0.6 is 0 Å². The first-order chi connectivity index (χ1) is 9.19. The van der Waals surface area contributed by atoms with E-state index < -0.39 is 30.5 Å². The fourth-order valence-corrected chi connectivity index (χ4v) is 1.66. The Kier molecular flexibility index (Phi) is 5.50. The second-order valence-corrected chi connectivity index (χ2v) is 4.50. The van der Waals surface area contributed by atoms with E-state index in [-0.39, 0.29) is 6.04 Å². The maximum atomic E-state index is 13.0. The third-order valence-corrected chi connectivity index (χ3v) is 2.71. The Labute approximate surface area is 114 Å². The van der Waals surface area contributed by atoms with Crippen molar-refractivity contribution in [3.05, 3.63) is 35.6 Å².